The topological polar surface area (TPSA) is 81.4 Å². The third-order valence-electron chi connectivity index (χ3n) is 2.81. The van der Waals surface area contributed by atoms with Crippen molar-refractivity contribution < 1.29 is 22.1 Å². The molecule has 0 bridgehead atoms. The van der Waals surface area contributed by atoms with Gasteiger partial charge in [0.05, 0.1) is 11.4 Å². The van der Waals surface area contributed by atoms with E-state index < -0.39 is 10.0 Å². The fourth-order valence-electron chi connectivity index (χ4n) is 1.74. The van der Waals surface area contributed by atoms with Gasteiger partial charge in [-0.3, -0.25) is 0 Å². The summed E-state index contributed by atoms with van der Waals surface area (Å²) >= 11 is 0. The molecular formula is C14H17FN2O4S. The van der Waals surface area contributed by atoms with Crippen LogP contribution in [0.2, 0.25) is 0 Å². The maximum absolute atomic E-state index is 12.7. The predicted octanol–water partition coefficient (Wildman–Crippen LogP) is 1.66. The summed E-state index contributed by atoms with van der Waals surface area (Å²) in [6.45, 7) is 2.00. The summed E-state index contributed by atoms with van der Waals surface area (Å²) < 4.78 is 48.9. The second kappa shape index (κ2) is 7.37. The molecule has 0 amide bonds. The van der Waals surface area contributed by atoms with E-state index >= 15 is 0 Å². The Balaban J connectivity index is 1.70. The average Bonchev–Trinajstić information content (AvgIpc) is 2.86. The highest BCUT2D eigenvalue weighted by molar-refractivity contribution is 7.89. The van der Waals surface area contributed by atoms with Gasteiger partial charge in [0.25, 0.3) is 0 Å². The van der Waals surface area contributed by atoms with Crippen LogP contribution < -0.4 is 9.46 Å². The minimum atomic E-state index is -3.43. The van der Waals surface area contributed by atoms with Crippen molar-refractivity contribution in [3.05, 3.63) is 47.6 Å². The highest BCUT2D eigenvalue weighted by Crippen LogP contribution is 2.10. The molecule has 6 nitrogen and oxygen atoms in total. The van der Waals surface area contributed by atoms with Gasteiger partial charge in [-0.15, -0.1) is 0 Å². The number of hydrogen-bond acceptors (Lipinski definition) is 5. The molecule has 1 aromatic heterocycles. The molecule has 0 spiro atoms. The Kier molecular flexibility index (Phi) is 5.51. The van der Waals surface area contributed by atoms with E-state index in [0.717, 1.165) is 0 Å². The van der Waals surface area contributed by atoms with Crippen LogP contribution in [-0.4, -0.2) is 32.5 Å². The number of aryl methyl sites for hydroxylation is 1. The zero-order valence-corrected chi connectivity index (χ0v) is 12.9. The maximum Gasteiger partial charge on any atom is 0.214 e. The van der Waals surface area contributed by atoms with Gasteiger partial charge in [-0.1, -0.05) is 5.16 Å². The molecule has 0 aliphatic carbocycles. The molecule has 22 heavy (non-hydrogen) atoms. The van der Waals surface area contributed by atoms with Crippen molar-refractivity contribution in [2.75, 3.05) is 18.9 Å². The molecule has 0 saturated carbocycles. The number of rotatable bonds is 8. The van der Waals surface area contributed by atoms with Crippen molar-refractivity contribution in [1.82, 2.24) is 9.88 Å². The van der Waals surface area contributed by atoms with Gasteiger partial charge in [-0.05, 0) is 31.2 Å². The molecule has 2 aromatic rings. The largest absolute Gasteiger partial charge is 0.492 e. The van der Waals surface area contributed by atoms with E-state index in [9.17, 15) is 12.8 Å². The molecule has 1 aromatic carbocycles. The number of nitrogens with zero attached hydrogens (tertiary/aromatic N) is 1. The fraction of sp³-hybridized carbons (Fsp3) is 0.357. The molecule has 0 fully saturated rings. The van der Waals surface area contributed by atoms with Crippen molar-refractivity contribution in [3.63, 3.8) is 0 Å². The zero-order valence-electron chi connectivity index (χ0n) is 12.1. The van der Waals surface area contributed by atoms with Gasteiger partial charge in [0.1, 0.15) is 23.9 Å². The van der Waals surface area contributed by atoms with Crippen LogP contribution in [0.3, 0.4) is 0 Å². The van der Waals surface area contributed by atoms with Crippen LogP contribution >= 0.6 is 0 Å². The minimum Gasteiger partial charge on any atom is -0.492 e. The molecular weight excluding hydrogens is 311 g/mol. The highest BCUT2D eigenvalue weighted by atomic mass is 32.2. The number of hydrogen-bond donors (Lipinski definition) is 1. The lowest BCUT2D eigenvalue weighted by Crippen LogP contribution is -2.30. The van der Waals surface area contributed by atoms with E-state index in [2.05, 4.69) is 9.88 Å². The van der Waals surface area contributed by atoms with Crippen LogP contribution in [0.5, 0.6) is 5.75 Å². The first-order valence-electron chi connectivity index (χ1n) is 6.72. The monoisotopic (exact) mass is 328 g/mol. The molecule has 120 valence electrons. The maximum atomic E-state index is 12.7. The molecule has 0 saturated heterocycles. The number of ether oxygens (including phenoxy) is 1. The lowest BCUT2D eigenvalue weighted by Gasteiger charge is -2.08. The molecule has 0 unspecified atom stereocenters. The number of aromatic nitrogens is 1. The van der Waals surface area contributed by atoms with Crippen molar-refractivity contribution in [2.45, 2.75) is 13.3 Å². The second-order valence-electron chi connectivity index (χ2n) is 4.69. The summed E-state index contributed by atoms with van der Waals surface area (Å²) in [7, 11) is -3.43. The lowest BCUT2D eigenvalue weighted by molar-refractivity contribution is 0.339. The second-order valence-corrected chi connectivity index (χ2v) is 6.62. The first kappa shape index (κ1) is 16.4. The van der Waals surface area contributed by atoms with Crippen molar-refractivity contribution in [3.8, 4) is 5.75 Å². The van der Waals surface area contributed by atoms with Gasteiger partial charge in [-0.2, -0.15) is 0 Å². The zero-order chi connectivity index (χ0) is 16.0. The molecule has 0 radical (unpaired) electrons. The Hall–Kier alpha value is -1.93. The molecule has 0 aliphatic heterocycles. The van der Waals surface area contributed by atoms with E-state index in [4.69, 9.17) is 9.26 Å². The molecule has 0 aliphatic rings. The van der Waals surface area contributed by atoms with Gasteiger partial charge in [0.2, 0.25) is 10.0 Å². The normalized spacial score (nSPS) is 11.5. The molecule has 2 rings (SSSR count). The molecule has 8 heteroatoms. The van der Waals surface area contributed by atoms with Crippen molar-refractivity contribution in [1.29, 1.82) is 0 Å². The standard InChI is InChI=1S/C14H17FN2O4S/c1-11-10-13(17-21-11)6-7-16-22(18,19)9-8-20-14-4-2-12(15)3-5-14/h2-5,10,16H,6-9H2,1H3. The van der Waals surface area contributed by atoms with Gasteiger partial charge in [0.15, 0.2) is 0 Å². The van der Waals surface area contributed by atoms with Crippen LogP contribution in [-0.2, 0) is 16.4 Å². The first-order chi connectivity index (χ1) is 10.4. The number of nitrogens with one attached hydrogen (secondary N) is 1. The van der Waals surface area contributed by atoms with Gasteiger partial charge < -0.3 is 9.26 Å². The Bertz CT molecular complexity index is 698. The lowest BCUT2D eigenvalue weighted by atomic mass is 10.3. The summed E-state index contributed by atoms with van der Waals surface area (Å²) in [5.74, 6) is 0.562. The highest BCUT2D eigenvalue weighted by Gasteiger charge is 2.10. The third kappa shape index (κ3) is 5.45. The third-order valence-corrected chi connectivity index (χ3v) is 4.16. The quantitative estimate of drug-likeness (QED) is 0.797. The number of halogens is 1. The van der Waals surface area contributed by atoms with Crippen LogP contribution in [0, 0.1) is 12.7 Å². The summed E-state index contributed by atoms with van der Waals surface area (Å²) in [4.78, 5) is 0. The summed E-state index contributed by atoms with van der Waals surface area (Å²) in [5, 5.41) is 3.78. The minimum absolute atomic E-state index is 0.00989. The van der Waals surface area contributed by atoms with E-state index in [0.29, 0.717) is 23.6 Å². The van der Waals surface area contributed by atoms with Crippen LogP contribution in [0.15, 0.2) is 34.9 Å². The van der Waals surface area contributed by atoms with E-state index in [1.54, 1.807) is 13.0 Å². The summed E-state index contributed by atoms with van der Waals surface area (Å²) in [6.07, 6.45) is 0.454. The Morgan fingerprint density at radius 3 is 2.68 bits per heavy atom. The van der Waals surface area contributed by atoms with E-state index in [-0.39, 0.29) is 24.7 Å². The van der Waals surface area contributed by atoms with Crippen molar-refractivity contribution in [2.24, 2.45) is 0 Å². The first-order valence-corrected chi connectivity index (χ1v) is 8.38. The van der Waals surface area contributed by atoms with Crippen LogP contribution in [0.1, 0.15) is 11.5 Å². The molecule has 1 heterocycles. The Morgan fingerprint density at radius 1 is 1.32 bits per heavy atom. The smallest absolute Gasteiger partial charge is 0.214 e. The predicted molar refractivity (Wildman–Crippen MR) is 78.6 cm³/mol. The SMILES string of the molecule is Cc1cc(CCNS(=O)(=O)CCOc2ccc(F)cc2)no1. The van der Waals surface area contributed by atoms with Crippen LogP contribution in [0.25, 0.3) is 0 Å². The van der Waals surface area contributed by atoms with Crippen LogP contribution in [0.4, 0.5) is 4.39 Å². The average molecular weight is 328 g/mol. The number of sulfonamides is 1. The van der Waals surface area contributed by atoms with Crippen molar-refractivity contribution >= 4 is 10.0 Å². The van der Waals surface area contributed by atoms with E-state index in [1.807, 2.05) is 0 Å². The Morgan fingerprint density at radius 2 is 2.05 bits per heavy atom. The van der Waals surface area contributed by atoms with E-state index in [1.165, 1.54) is 24.3 Å². The van der Waals surface area contributed by atoms with Gasteiger partial charge >= 0.3 is 0 Å². The summed E-state index contributed by atoms with van der Waals surface area (Å²) in [6, 6.07) is 7.15. The summed E-state index contributed by atoms with van der Waals surface area (Å²) in [5.41, 5.74) is 0.697. The number of benzene rings is 1. The molecule has 0 atom stereocenters. The van der Waals surface area contributed by atoms with Gasteiger partial charge in [-0.25, -0.2) is 17.5 Å². The fourth-order valence-corrected chi connectivity index (χ4v) is 2.60. The van der Waals surface area contributed by atoms with Gasteiger partial charge in [0, 0.05) is 19.0 Å². The molecule has 1 N–H and O–H groups in total. The Labute approximate surface area is 128 Å².